The molecule has 4 heteroatoms. The third-order valence-electron chi connectivity index (χ3n) is 2.49. The van der Waals surface area contributed by atoms with Gasteiger partial charge in [0.05, 0.1) is 0 Å². The molecule has 0 aromatic carbocycles. The van der Waals surface area contributed by atoms with Crippen molar-refractivity contribution in [3.05, 3.63) is 0 Å². The Morgan fingerprint density at radius 1 is 1.00 bits per heavy atom. The van der Waals surface area contributed by atoms with Crippen LogP contribution < -0.4 is 16.8 Å². The fourth-order valence-electron chi connectivity index (χ4n) is 1.42. The van der Waals surface area contributed by atoms with Crippen molar-refractivity contribution in [2.75, 3.05) is 13.1 Å². The highest BCUT2D eigenvalue weighted by Crippen LogP contribution is 2.04. The first-order valence-corrected chi connectivity index (χ1v) is 7.13. The molecule has 0 bridgehead atoms. The van der Waals surface area contributed by atoms with Crippen molar-refractivity contribution in [1.82, 2.24) is 5.32 Å². The fraction of sp³-hybridized carbons (Fsp3) is 0.929. The van der Waals surface area contributed by atoms with Crippen LogP contribution in [0.15, 0.2) is 0 Å². The second kappa shape index (κ2) is 14.3. The summed E-state index contributed by atoms with van der Waals surface area (Å²) in [5, 5.41) is 2.54. The van der Waals surface area contributed by atoms with Crippen molar-refractivity contribution in [2.24, 2.45) is 23.3 Å². The van der Waals surface area contributed by atoms with Crippen molar-refractivity contribution < 1.29 is 4.79 Å². The lowest BCUT2D eigenvalue weighted by atomic mass is 10.1. The molecule has 0 spiro atoms. The Morgan fingerprint density at radius 2 is 1.50 bits per heavy atom. The van der Waals surface area contributed by atoms with Crippen LogP contribution in [-0.4, -0.2) is 19.1 Å². The molecule has 0 aliphatic rings. The first-order chi connectivity index (χ1) is 8.40. The number of hydrogen-bond acceptors (Lipinski definition) is 2. The smallest absolute Gasteiger partial charge is 0.312 e. The Labute approximate surface area is 113 Å². The lowest BCUT2D eigenvalue weighted by Gasteiger charge is -2.03. The van der Waals surface area contributed by atoms with Crippen LogP contribution in [0.1, 0.15) is 59.8 Å². The normalized spacial score (nSPS) is 10.2. The van der Waals surface area contributed by atoms with Gasteiger partial charge < -0.3 is 16.8 Å². The number of nitrogens with two attached hydrogens (primary N) is 2. The first-order valence-electron chi connectivity index (χ1n) is 7.13. The summed E-state index contributed by atoms with van der Waals surface area (Å²) in [4.78, 5) is 10.2. The maximum absolute atomic E-state index is 10.2. The highest BCUT2D eigenvalue weighted by atomic mass is 16.2. The zero-order valence-corrected chi connectivity index (χ0v) is 12.7. The van der Waals surface area contributed by atoms with Gasteiger partial charge in [-0.3, -0.25) is 0 Å². The molecular formula is C14H33N3O. The van der Waals surface area contributed by atoms with Crippen LogP contribution in [0.5, 0.6) is 0 Å². The summed E-state index contributed by atoms with van der Waals surface area (Å²) in [6.45, 7) is 10.4. The van der Waals surface area contributed by atoms with Crippen molar-refractivity contribution in [3.63, 3.8) is 0 Å². The van der Waals surface area contributed by atoms with Crippen LogP contribution in [0.2, 0.25) is 0 Å². The Balaban J connectivity index is 0. The molecule has 0 saturated heterocycles. The van der Waals surface area contributed by atoms with Gasteiger partial charge in [0.2, 0.25) is 0 Å². The average Bonchev–Trinajstić information content (AvgIpc) is 2.25. The van der Waals surface area contributed by atoms with Crippen molar-refractivity contribution in [3.8, 4) is 0 Å². The van der Waals surface area contributed by atoms with Crippen LogP contribution >= 0.6 is 0 Å². The molecule has 0 aliphatic heterocycles. The summed E-state index contributed by atoms with van der Waals surface area (Å²) in [6, 6.07) is -0.427. The first kappa shape index (κ1) is 19.6. The Hall–Kier alpha value is -0.770. The van der Waals surface area contributed by atoms with E-state index in [0.29, 0.717) is 12.5 Å². The van der Waals surface area contributed by atoms with Crippen LogP contribution in [0, 0.1) is 11.8 Å². The van der Waals surface area contributed by atoms with Gasteiger partial charge in [0.25, 0.3) is 0 Å². The number of urea groups is 1. The SMILES string of the molecule is CC(C)CCCCN.CC(C)CCCNC(N)=O. The molecule has 0 aliphatic carbocycles. The van der Waals surface area contributed by atoms with E-state index in [9.17, 15) is 4.79 Å². The number of hydrogen-bond donors (Lipinski definition) is 3. The van der Waals surface area contributed by atoms with Crippen molar-refractivity contribution in [2.45, 2.75) is 59.8 Å². The van der Waals surface area contributed by atoms with E-state index < -0.39 is 6.03 Å². The van der Waals surface area contributed by atoms with E-state index in [0.717, 1.165) is 25.3 Å². The number of nitrogens with one attached hydrogen (secondary N) is 1. The second-order valence-electron chi connectivity index (χ2n) is 5.51. The third kappa shape index (κ3) is 24.5. The molecule has 0 aromatic rings. The van der Waals surface area contributed by atoms with Gasteiger partial charge in [0.15, 0.2) is 0 Å². The van der Waals surface area contributed by atoms with Gasteiger partial charge in [-0.25, -0.2) is 4.79 Å². The molecule has 2 amide bonds. The van der Waals surface area contributed by atoms with Crippen molar-refractivity contribution >= 4 is 6.03 Å². The van der Waals surface area contributed by atoms with E-state index in [4.69, 9.17) is 11.5 Å². The summed E-state index contributed by atoms with van der Waals surface area (Å²) in [5.74, 6) is 1.55. The summed E-state index contributed by atoms with van der Waals surface area (Å²) in [6.07, 6.45) is 5.98. The fourth-order valence-corrected chi connectivity index (χ4v) is 1.42. The van der Waals surface area contributed by atoms with E-state index in [1.807, 2.05) is 0 Å². The zero-order valence-electron chi connectivity index (χ0n) is 12.7. The minimum Gasteiger partial charge on any atom is -0.352 e. The number of carbonyl (C=O) groups excluding carboxylic acids is 1. The average molecular weight is 259 g/mol. The van der Waals surface area contributed by atoms with E-state index in [1.54, 1.807) is 0 Å². The van der Waals surface area contributed by atoms with Gasteiger partial charge in [-0.2, -0.15) is 0 Å². The lowest BCUT2D eigenvalue weighted by Crippen LogP contribution is -2.30. The Kier molecular flexibility index (Phi) is 15.5. The molecule has 0 fully saturated rings. The molecule has 110 valence electrons. The monoisotopic (exact) mass is 259 g/mol. The topological polar surface area (TPSA) is 81.1 Å². The van der Waals surface area contributed by atoms with Crippen LogP contribution in [0.25, 0.3) is 0 Å². The molecule has 0 unspecified atom stereocenters. The van der Waals surface area contributed by atoms with E-state index in [2.05, 4.69) is 33.0 Å². The largest absolute Gasteiger partial charge is 0.352 e. The van der Waals surface area contributed by atoms with Gasteiger partial charge in [0, 0.05) is 6.54 Å². The summed E-state index contributed by atoms with van der Waals surface area (Å²) >= 11 is 0. The minimum absolute atomic E-state index is 0.427. The van der Waals surface area contributed by atoms with E-state index in [-0.39, 0.29) is 0 Å². The Bertz CT molecular complexity index is 182. The maximum Gasteiger partial charge on any atom is 0.312 e. The minimum atomic E-state index is -0.427. The number of unbranched alkanes of at least 4 members (excludes halogenated alkanes) is 1. The quantitative estimate of drug-likeness (QED) is 0.586. The van der Waals surface area contributed by atoms with Crippen LogP contribution in [0.3, 0.4) is 0 Å². The molecule has 18 heavy (non-hydrogen) atoms. The molecule has 0 saturated carbocycles. The second-order valence-corrected chi connectivity index (χ2v) is 5.51. The summed E-state index contributed by atoms with van der Waals surface area (Å²) in [5.41, 5.74) is 10.2. The summed E-state index contributed by atoms with van der Waals surface area (Å²) in [7, 11) is 0. The predicted octanol–water partition coefficient (Wildman–Crippen LogP) is 2.86. The van der Waals surface area contributed by atoms with Gasteiger partial charge in [-0.05, 0) is 37.6 Å². The molecule has 0 rings (SSSR count). The molecule has 0 atom stereocenters. The molecular weight excluding hydrogens is 226 g/mol. The molecule has 4 nitrogen and oxygen atoms in total. The highest BCUT2D eigenvalue weighted by Gasteiger charge is 1.94. The molecule has 0 radical (unpaired) electrons. The number of primary amides is 1. The lowest BCUT2D eigenvalue weighted by molar-refractivity contribution is 0.248. The zero-order chi connectivity index (χ0) is 14.4. The third-order valence-corrected chi connectivity index (χ3v) is 2.49. The van der Waals surface area contributed by atoms with Gasteiger partial charge in [0.1, 0.15) is 0 Å². The van der Waals surface area contributed by atoms with Gasteiger partial charge >= 0.3 is 6.03 Å². The standard InChI is InChI=1S/C7H16N2O.C7H17N/c1-6(2)4-3-5-9-7(8)10;1-7(2)5-3-4-6-8/h6H,3-5H2,1-2H3,(H3,8,9,10);7H,3-6,8H2,1-2H3. The number of rotatable bonds is 8. The van der Waals surface area contributed by atoms with Crippen molar-refractivity contribution in [1.29, 1.82) is 0 Å². The van der Waals surface area contributed by atoms with Gasteiger partial charge in [-0.1, -0.05) is 40.5 Å². The number of amides is 2. The van der Waals surface area contributed by atoms with Crippen LogP contribution in [-0.2, 0) is 0 Å². The van der Waals surface area contributed by atoms with E-state index >= 15 is 0 Å². The molecule has 0 aromatic heterocycles. The molecule has 0 heterocycles. The van der Waals surface area contributed by atoms with Gasteiger partial charge in [-0.15, -0.1) is 0 Å². The Morgan fingerprint density at radius 3 is 1.89 bits per heavy atom. The highest BCUT2D eigenvalue weighted by molar-refractivity contribution is 5.71. The number of carbonyl (C=O) groups is 1. The maximum atomic E-state index is 10.2. The summed E-state index contributed by atoms with van der Waals surface area (Å²) < 4.78 is 0. The van der Waals surface area contributed by atoms with Crippen LogP contribution in [0.4, 0.5) is 4.79 Å². The molecule has 5 N–H and O–H groups in total. The van der Waals surface area contributed by atoms with E-state index in [1.165, 1.54) is 19.3 Å². The predicted molar refractivity (Wildman–Crippen MR) is 79.4 cm³/mol.